The smallest absolute Gasteiger partial charge is 0.328 e. The Bertz CT molecular complexity index is 250. The largest absolute Gasteiger partial charge is 3.00 e. The van der Waals surface area contributed by atoms with Crippen molar-refractivity contribution in [2.75, 3.05) is 0 Å². The molecule has 2 aromatic carbocycles. The molecule has 3 rings (SSSR count). The van der Waals surface area contributed by atoms with E-state index in [9.17, 15) is 0 Å². The second-order valence-corrected chi connectivity index (χ2v) is 4.08. The number of hydrogen-bond donors (Lipinski definition) is 0. The molecule has 2 heteroatoms. The first-order valence-electron chi connectivity index (χ1n) is 6.64. The van der Waals surface area contributed by atoms with Crippen LogP contribution in [0.4, 0.5) is 0 Å². The normalized spacial score (nSPS) is 12.0. The van der Waals surface area contributed by atoms with Crippen molar-refractivity contribution in [2.45, 2.75) is 32.1 Å². The van der Waals surface area contributed by atoms with Crippen LogP contribution in [-0.2, 0) is 19.5 Å². The Morgan fingerprint density at radius 2 is 1.00 bits per heavy atom. The van der Waals surface area contributed by atoms with E-state index in [0.29, 0.717) is 0 Å². The first-order valence-corrected chi connectivity index (χ1v) is 6.64. The van der Waals surface area contributed by atoms with Gasteiger partial charge in [-0.15, -0.1) is 0 Å². The van der Waals surface area contributed by atoms with Crippen LogP contribution in [0.15, 0.2) is 60.7 Å². The van der Waals surface area contributed by atoms with E-state index in [1.807, 2.05) is 60.7 Å². The van der Waals surface area contributed by atoms with Gasteiger partial charge in [0.05, 0.1) is 0 Å². The van der Waals surface area contributed by atoms with Gasteiger partial charge in [-0.25, -0.2) is 0 Å². The SMILES string of the molecule is P.[CH-]1CCCCC1.[Rh+3].[c-]1ccccc1.[c-]1ccccc1. The fourth-order valence-corrected chi connectivity index (χ4v) is 1.58. The van der Waals surface area contributed by atoms with E-state index >= 15 is 0 Å². The first-order chi connectivity index (χ1) is 9.00. The molecule has 0 N–H and O–H groups in total. The fourth-order valence-electron chi connectivity index (χ4n) is 1.58. The van der Waals surface area contributed by atoms with Crippen LogP contribution in [0.5, 0.6) is 0 Å². The molecule has 0 nitrogen and oxygen atoms in total. The zero-order valence-electron chi connectivity index (χ0n) is 11.9. The summed E-state index contributed by atoms with van der Waals surface area (Å²) in [6.45, 7) is 0. The van der Waals surface area contributed by atoms with Crippen LogP contribution in [0.1, 0.15) is 32.1 Å². The van der Waals surface area contributed by atoms with Gasteiger partial charge >= 0.3 is 19.5 Å². The summed E-state index contributed by atoms with van der Waals surface area (Å²) in [6, 6.07) is 25.0. The Balaban J connectivity index is 0. The Hall–Kier alpha value is -0.507. The molecule has 1 unspecified atom stereocenters. The van der Waals surface area contributed by atoms with Crippen LogP contribution in [0.2, 0.25) is 0 Å². The van der Waals surface area contributed by atoms with Crippen molar-refractivity contribution in [3.05, 3.63) is 79.2 Å². The Morgan fingerprint density at radius 1 is 0.600 bits per heavy atom. The predicted octanol–water partition coefficient (Wildman–Crippen LogP) is 5.18. The maximum atomic E-state index is 2.89. The molecule has 1 fully saturated rings. The quantitative estimate of drug-likeness (QED) is 0.339. The zero-order valence-corrected chi connectivity index (χ0v) is 15.0. The average molecular weight is 374 g/mol. The van der Waals surface area contributed by atoms with Gasteiger partial charge in [0.15, 0.2) is 0 Å². The third-order valence-corrected chi connectivity index (χ3v) is 2.53. The second kappa shape index (κ2) is 18.5. The molecule has 0 heterocycles. The summed E-state index contributed by atoms with van der Waals surface area (Å²) in [7, 11) is 0. The summed E-state index contributed by atoms with van der Waals surface area (Å²) in [5, 5.41) is 0. The van der Waals surface area contributed by atoms with Gasteiger partial charge in [-0.1, -0.05) is 19.3 Å². The van der Waals surface area contributed by atoms with Gasteiger partial charge in [0.2, 0.25) is 0 Å². The molecule has 0 saturated heterocycles. The van der Waals surface area contributed by atoms with Crippen molar-refractivity contribution in [3.63, 3.8) is 0 Å². The molecule has 1 atom stereocenters. The molecular formula is C18H24PRh. The van der Waals surface area contributed by atoms with Gasteiger partial charge in [-0.2, -0.15) is 95.5 Å². The van der Waals surface area contributed by atoms with Crippen molar-refractivity contribution in [1.82, 2.24) is 0 Å². The summed E-state index contributed by atoms with van der Waals surface area (Å²) in [4.78, 5) is 0. The van der Waals surface area contributed by atoms with Crippen molar-refractivity contribution in [3.8, 4) is 0 Å². The molecular weight excluding hydrogens is 350 g/mol. The van der Waals surface area contributed by atoms with Gasteiger partial charge < -0.3 is 6.42 Å². The first kappa shape index (κ1) is 21.8. The summed E-state index contributed by atoms with van der Waals surface area (Å²) in [6.07, 6.45) is 9.50. The molecule has 0 amide bonds. The van der Waals surface area contributed by atoms with E-state index < -0.39 is 0 Å². The van der Waals surface area contributed by atoms with Gasteiger partial charge in [-0.05, 0) is 0 Å². The number of rotatable bonds is 0. The molecule has 0 radical (unpaired) electrons. The minimum Gasteiger partial charge on any atom is -0.328 e. The summed E-state index contributed by atoms with van der Waals surface area (Å²) in [5.74, 6) is 0. The molecule has 1 aliphatic rings. The molecule has 0 aromatic heterocycles. The minimum atomic E-state index is 0. The molecule has 1 saturated carbocycles. The Kier molecular flexibility index (Phi) is 20.1. The summed E-state index contributed by atoms with van der Waals surface area (Å²) >= 11 is 0. The predicted molar refractivity (Wildman–Crippen MR) is 89.0 cm³/mol. The molecule has 1 aliphatic carbocycles. The van der Waals surface area contributed by atoms with E-state index in [4.69, 9.17) is 0 Å². The third-order valence-electron chi connectivity index (χ3n) is 2.53. The van der Waals surface area contributed by atoms with Crippen LogP contribution >= 0.6 is 9.90 Å². The van der Waals surface area contributed by atoms with Crippen molar-refractivity contribution in [1.29, 1.82) is 0 Å². The van der Waals surface area contributed by atoms with Crippen molar-refractivity contribution < 1.29 is 19.5 Å². The molecule has 0 bridgehead atoms. The van der Waals surface area contributed by atoms with Gasteiger partial charge in [0.25, 0.3) is 0 Å². The van der Waals surface area contributed by atoms with Gasteiger partial charge in [0, 0.05) is 0 Å². The average Bonchev–Trinajstić information content (AvgIpc) is 2.54. The monoisotopic (exact) mass is 374 g/mol. The number of benzene rings is 2. The number of hydrogen-bond acceptors (Lipinski definition) is 0. The maximum Gasteiger partial charge on any atom is 3.00 e. The minimum absolute atomic E-state index is 0. The van der Waals surface area contributed by atoms with Crippen molar-refractivity contribution in [2.24, 2.45) is 0 Å². The van der Waals surface area contributed by atoms with E-state index in [1.54, 1.807) is 0 Å². The van der Waals surface area contributed by atoms with Gasteiger partial charge in [-0.3, -0.25) is 0 Å². The second-order valence-electron chi connectivity index (χ2n) is 4.08. The van der Waals surface area contributed by atoms with E-state index in [2.05, 4.69) is 18.6 Å². The van der Waals surface area contributed by atoms with Crippen LogP contribution in [0, 0.1) is 18.6 Å². The molecule has 2 aromatic rings. The summed E-state index contributed by atoms with van der Waals surface area (Å²) < 4.78 is 0. The molecule has 0 spiro atoms. The van der Waals surface area contributed by atoms with Crippen LogP contribution in [0.25, 0.3) is 0 Å². The fraction of sp³-hybridized carbons (Fsp3) is 0.278. The standard InChI is InChI=1S/C6H11.2C6H5.H3P.Rh/c3*1-2-4-6-5-3-1;;/h1H,2-6H2;2*1-5H;1H3;/q3*-1;;+3. The Labute approximate surface area is 140 Å². The molecule has 110 valence electrons. The van der Waals surface area contributed by atoms with Crippen LogP contribution in [-0.4, -0.2) is 0 Å². The van der Waals surface area contributed by atoms with Crippen LogP contribution < -0.4 is 0 Å². The van der Waals surface area contributed by atoms with Crippen molar-refractivity contribution >= 4 is 9.90 Å². The van der Waals surface area contributed by atoms with Crippen LogP contribution in [0.3, 0.4) is 0 Å². The van der Waals surface area contributed by atoms with E-state index in [0.717, 1.165) is 0 Å². The maximum absolute atomic E-state index is 2.89. The van der Waals surface area contributed by atoms with E-state index in [1.165, 1.54) is 32.1 Å². The topological polar surface area (TPSA) is 0 Å². The Morgan fingerprint density at radius 3 is 1.10 bits per heavy atom. The molecule has 20 heavy (non-hydrogen) atoms. The van der Waals surface area contributed by atoms with E-state index in [-0.39, 0.29) is 29.4 Å². The van der Waals surface area contributed by atoms with Gasteiger partial charge in [0.1, 0.15) is 0 Å². The summed E-state index contributed by atoms with van der Waals surface area (Å²) in [5.41, 5.74) is 0. The third kappa shape index (κ3) is 15.6. The zero-order chi connectivity index (χ0) is 12.7. The molecule has 0 aliphatic heterocycles.